The average Bonchev–Trinajstić information content (AvgIpc) is 3.26. The van der Waals surface area contributed by atoms with Crippen molar-refractivity contribution in [2.24, 2.45) is 11.8 Å². The maximum absolute atomic E-state index is 13.6. The lowest BCUT2D eigenvalue weighted by molar-refractivity contribution is -0.384. The first kappa shape index (κ1) is 20.9. The fourth-order valence-corrected chi connectivity index (χ4v) is 5.33. The summed E-state index contributed by atoms with van der Waals surface area (Å²) in [4.78, 5) is 53.6. The van der Waals surface area contributed by atoms with Crippen LogP contribution in [0, 0.1) is 28.9 Å². The van der Waals surface area contributed by atoms with Gasteiger partial charge in [0.05, 0.1) is 35.6 Å². The SMILES string of the molecule is COc1ccc2c(c1)C=C[C@H]1[C@H]3C(=O)N(c4cc([N+](=O)[O-])ccc4C)C(=O)[C@@H]3[C@H](C(C)=O)N21. The fourth-order valence-electron chi connectivity index (χ4n) is 5.33. The molecule has 9 nitrogen and oxygen atoms in total. The molecule has 0 bridgehead atoms. The predicted octanol–water partition coefficient (Wildman–Crippen LogP) is 2.89. The Hall–Kier alpha value is -4.01. The highest BCUT2D eigenvalue weighted by molar-refractivity contribution is 6.25. The highest BCUT2D eigenvalue weighted by Gasteiger charge is 2.63. The molecule has 2 amide bonds. The minimum Gasteiger partial charge on any atom is -0.497 e. The highest BCUT2D eigenvalue weighted by atomic mass is 16.6. The summed E-state index contributed by atoms with van der Waals surface area (Å²) in [5.74, 6) is -2.16. The Bertz CT molecular complexity index is 1270. The second-order valence-electron chi connectivity index (χ2n) is 8.53. The number of hydrogen-bond donors (Lipinski definition) is 0. The number of fused-ring (bicyclic) bond motifs is 5. The second-order valence-corrected chi connectivity index (χ2v) is 8.53. The minimum atomic E-state index is -0.878. The van der Waals surface area contributed by atoms with Gasteiger partial charge in [-0.05, 0) is 37.6 Å². The Labute approximate surface area is 189 Å². The van der Waals surface area contributed by atoms with E-state index in [0.29, 0.717) is 11.3 Å². The van der Waals surface area contributed by atoms with Gasteiger partial charge >= 0.3 is 0 Å². The van der Waals surface area contributed by atoms with Crippen molar-refractivity contribution in [1.82, 2.24) is 0 Å². The normalized spacial score (nSPS) is 25.1. The summed E-state index contributed by atoms with van der Waals surface area (Å²) in [6, 6.07) is 8.24. The molecule has 0 N–H and O–H groups in total. The van der Waals surface area contributed by atoms with Crippen molar-refractivity contribution in [3.05, 3.63) is 63.7 Å². The van der Waals surface area contributed by atoms with Crippen LogP contribution in [0.1, 0.15) is 18.1 Å². The second kappa shape index (κ2) is 7.26. The first-order chi connectivity index (χ1) is 15.7. The number of methoxy groups -OCH3 is 1. The predicted molar refractivity (Wildman–Crippen MR) is 120 cm³/mol. The third-order valence-corrected chi connectivity index (χ3v) is 6.77. The summed E-state index contributed by atoms with van der Waals surface area (Å²) in [5.41, 5.74) is 2.14. The minimum absolute atomic E-state index is 0.187. The molecule has 2 fully saturated rings. The van der Waals surface area contributed by atoms with Gasteiger partial charge in [-0.2, -0.15) is 0 Å². The van der Waals surface area contributed by atoms with Crippen LogP contribution in [0.2, 0.25) is 0 Å². The Morgan fingerprint density at radius 1 is 1.06 bits per heavy atom. The molecule has 5 rings (SSSR count). The maximum atomic E-state index is 13.6. The molecule has 0 aliphatic carbocycles. The lowest BCUT2D eigenvalue weighted by Gasteiger charge is -2.36. The quantitative estimate of drug-likeness (QED) is 0.403. The molecule has 3 heterocycles. The van der Waals surface area contributed by atoms with E-state index >= 15 is 0 Å². The van der Waals surface area contributed by atoms with Crippen molar-refractivity contribution in [1.29, 1.82) is 0 Å². The Balaban J connectivity index is 1.61. The molecular formula is C24H21N3O6. The fraction of sp³-hybridized carbons (Fsp3) is 0.292. The summed E-state index contributed by atoms with van der Waals surface area (Å²) in [5, 5.41) is 11.3. The monoisotopic (exact) mass is 447 g/mol. The number of ether oxygens (including phenoxy) is 1. The van der Waals surface area contributed by atoms with E-state index in [1.54, 1.807) is 20.1 Å². The zero-order chi connectivity index (χ0) is 23.6. The highest BCUT2D eigenvalue weighted by Crippen LogP contribution is 2.50. The average molecular weight is 447 g/mol. The van der Waals surface area contributed by atoms with Crippen molar-refractivity contribution >= 4 is 40.7 Å². The number of hydrogen-bond acceptors (Lipinski definition) is 7. The molecule has 168 valence electrons. The van der Waals surface area contributed by atoms with E-state index in [9.17, 15) is 24.5 Å². The smallest absolute Gasteiger partial charge is 0.271 e. The number of imide groups is 1. The standard InChI is InChI=1S/C24H21N3O6/c1-12-4-6-15(27(31)32)11-19(12)26-23(29)20-18-8-5-14-10-16(33-3)7-9-17(14)25(18)22(13(2)28)21(20)24(26)30/h4-11,18,20-22H,1-3H3/t18-,20+,21-,22-/m0/s1. The summed E-state index contributed by atoms with van der Waals surface area (Å²) in [6.45, 7) is 3.11. The van der Waals surface area contributed by atoms with Gasteiger partial charge in [-0.3, -0.25) is 24.5 Å². The molecule has 2 aromatic carbocycles. The van der Waals surface area contributed by atoms with Crippen LogP contribution in [0.5, 0.6) is 5.75 Å². The summed E-state index contributed by atoms with van der Waals surface area (Å²) in [7, 11) is 1.57. The van der Waals surface area contributed by atoms with E-state index in [1.165, 1.54) is 25.1 Å². The topological polar surface area (TPSA) is 110 Å². The number of carbonyl (C=O) groups is 3. The van der Waals surface area contributed by atoms with Crippen LogP contribution >= 0.6 is 0 Å². The number of amides is 2. The van der Waals surface area contributed by atoms with E-state index in [-0.39, 0.29) is 17.2 Å². The zero-order valence-electron chi connectivity index (χ0n) is 18.2. The van der Waals surface area contributed by atoms with Gasteiger partial charge < -0.3 is 9.64 Å². The van der Waals surface area contributed by atoms with E-state index < -0.39 is 40.7 Å². The lowest BCUT2D eigenvalue weighted by atomic mass is 9.88. The number of carbonyl (C=O) groups excluding carboxylic acids is 3. The van der Waals surface area contributed by atoms with Gasteiger partial charge in [0, 0.05) is 23.4 Å². The van der Waals surface area contributed by atoms with Crippen LogP contribution in [0.4, 0.5) is 17.1 Å². The van der Waals surface area contributed by atoms with Crippen LogP contribution in [0.3, 0.4) is 0 Å². The molecule has 0 spiro atoms. The van der Waals surface area contributed by atoms with Crippen LogP contribution in [-0.2, 0) is 14.4 Å². The third kappa shape index (κ3) is 2.88. The number of anilines is 2. The molecule has 9 heteroatoms. The van der Waals surface area contributed by atoms with Crippen LogP contribution in [-0.4, -0.2) is 41.7 Å². The van der Waals surface area contributed by atoms with Gasteiger partial charge in [0.2, 0.25) is 11.8 Å². The number of Topliss-reactive ketones (excluding diaryl/α,β-unsaturated/α-hetero) is 1. The van der Waals surface area contributed by atoms with Crippen LogP contribution < -0.4 is 14.5 Å². The Kier molecular flexibility index (Phi) is 4.59. The van der Waals surface area contributed by atoms with Gasteiger partial charge in [0.15, 0.2) is 5.78 Å². The third-order valence-electron chi connectivity index (χ3n) is 6.77. The summed E-state index contributed by atoms with van der Waals surface area (Å²) in [6.07, 6.45) is 3.72. The zero-order valence-corrected chi connectivity index (χ0v) is 18.2. The van der Waals surface area contributed by atoms with Crippen LogP contribution in [0.15, 0.2) is 42.5 Å². The van der Waals surface area contributed by atoms with Crippen molar-refractivity contribution in [3.63, 3.8) is 0 Å². The summed E-state index contributed by atoms with van der Waals surface area (Å²) < 4.78 is 5.29. The van der Waals surface area contributed by atoms with Gasteiger partial charge in [0.25, 0.3) is 5.69 Å². The lowest BCUT2D eigenvalue weighted by Crippen LogP contribution is -2.48. The number of ketones is 1. The molecule has 2 saturated heterocycles. The van der Waals surface area contributed by atoms with Crippen molar-refractivity contribution in [2.75, 3.05) is 16.9 Å². The maximum Gasteiger partial charge on any atom is 0.271 e. The Morgan fingerprint density at radius 2 is 1.79 bits per heavy atom. The van der Waals surface area contributed by atoms with E-state index in [0.717, 1.165) is 16.2 Å². The molecule has 0 saturated carbocycles. The van der Waals surface area contributed by atoms with Gasteiger partial charge in [-0.15, -0.1) is 0 Å². The first-order valence-electron chi connectivity index (χ1n) is 10.5. The van der Waals surface area contributed by atoms with Gasteiger partial charge in [0.1, 0.15) is 11.8 Å². The number of nitrogens with zero attached hydrogens (tertiary/aromatic N) is 3. The van der Waals surface area contributed by atoms with E-state index in [1.807, 2.05) is 29.2 Å². The molecular weight excluding hydrogens is 426 g/mol. The summed E-state index contributed by atoms with van der Waals surface area (Å²) >= 11 is 0. The van der Waals surface area contributed by atoms with Crippen molar-refractivity contribution in [2.45, 2.75) is 25.9 Å². The Morgan fingerprint density at radius 3 is 2.45 bits per heavy atom. The largest absolute Gasteiger partial charge is 0.497 e. The van der Waals surface area contributed by atoms with Crippen molar-refractivity contribution < 1.29 is 24.0 Å². The molecule has 3 aliphatic rings. The van der Waals surface area contributed by atoms with Crippen LogP contribution in [0.25, 0.3) is 6.08 Å². The molecule has 0 aromatic heterocycles. The molecule has 3 aliphatic heterocycles. The number of benzene rings is 2. The number of nitro benzene ring substituents is 1. The van der Waals surface area contributed by atoms with Crippen molar-refractivity contribution in [3.8, 4) is 5.75 Å². The number of rotatable bonds is 4. The molecule has 2 aromatic rings. The molecule has 33 heavy (non-hydrogen) atoms. The first-order valence-corrected chi connectivity index (χ1v) is 10.5. The molecule has 0 radical (unpaired) electrons. The van der Waals surface area contributed by atoms with E-state index in [2.05, 4.69) is 0 Å². The number of nitro groups is 1. The van der Waals surface area contributed by atoms with Gasteiger partial charge in [-0.25, -0.2) is 4.90 Å². The number of aryl methyl sites for hydroxylation is 1. The number of non-ortho nitro benzene ring substituents is 1. The molecule has 0 unspecified atom stereocenters. The molecule has 4 atom stereocenters. The van der Waals surface area contributed by atoms with E-state index in [4.69, 9.17) is 4.74 Å². The van der Waals surface area contributed by atoms with Gasteiger partial charge in [-0.1, -0.05) is 18.2 Å².